The third-order valence-corrected chi connectivity index (χ3v) is 1.28. The van der Waals surface area contributed by atoms with Gasteiger partial charge in [0.05, 0.1) is 0 Å². The first-order valence-electron chi connectivity index (χ1n) is 4.99. The van der Waals surface area contributed by atoms with Gasteiger partial charge in [0.2, 0.25) is 0 Å². The topological polar surface area (TPSA) is 21.3 Å². The third-order valence-electron chi connectivity index (χ3n) is 1.28. The predicted molar refractivity (Wildman–Crippen MR) is 55.6 cm³/mol. The lowest BCUT2D eigenvalue weighted by Gasteiger charge is -1.99. The second kappa shape index (κ2) is 17.1. The van der Waals surface area contributed by atoms with Crippen LogP contribution in [0.15, 0.2) is 0 Å². The first kappa shape index (κ1) is 14.4. The van der Waals surface area contributed by atoms with Gasteiger partial charge in [-0.1, -0.05) is 26.7 Å². The van der Waals surface area contributed by atoms with Crippen LogP contribution < -0.4 is 5.32 Å². The van der Waals surface area contributed by atoms with E-state index in [1.807, 2.05) is 14.1 Å². The van der Waals surface area contributed by atoms with Gasteiger partial charge in [-0.05, 0) is 26.9 Å². The molecule has 12 heavy (non-hydrogen) atoms. The summed E-state index contributed by atoms with van der Waals surface area (Å²) in [5.41, 5.74) is 0. The van der Waals surface area contributed by atoms with E-state index in [2.05, 4.69) is 19.2 Å². The SMILES string of the molecule is CCCCOCCCC.CNC. The summed E-state index contributed by atoms with van der Waals surface area (Å²) in [6.45, 7) is 6.28. The summed E-state index contributed by atoms with van der Waals surface area (Å²) in [7, 11) is 3.75. The second-order valence-corrected chi connectivity index (χ2v) is 2.82. The van der Waals surface area contributed by atoms with E-state index in [1.165, 1.54) is 25.7 Å². The first-order chi connectivity index (χ1) is 5.83. The number of nitrogens with one attached hydrogen (secondary N) is 1. The Morgan fingerprint density at radius 3 is 1.50 bits per heavy atom. The molecule has 0 saturated carbocycles. The fourth-order valence-corrected chi connectivity index (χ4v) is 0.595. The van der Waals surface area contributed by atoms with Gasteiger partial charge >= 0.3 is 0 Å². The Kier molecular flexibility index (Phi) is 20.6. The maximum absolute atomic E-state index is 5.31. The highest BCUT2D eigenvalue weighted by atomic mass is 16.5. The molecule has 0 heterocycles. The Morgan fingerprint density at radius 2 is 1.25 bits per heavy atom. The molecule has 2 heteroatoms. The van der Waals surface area contributed by atoms with Crippen molar-refractivity contribution in [1.29, 1.82) is 0 Å². The van der Waals surface area contributed by atoms with E-state index in [9.17, 15) is 0 Å². The number of hydrogen-bond acceptors (Lipinski definition) is 2. The molecule has 0 bridgehead atoms. The Balaban J connectivity index is 0. The van der Waals surface area contributed by atoms with Crippen LogP contribution in [0.2, 0.25) is 0 Å². The van der Waals surface area contributed by atoms with Crippen molar-refractivity contribution in [3.05, 3.63) is 0 Å². The van der Waals surface area contributed by atoms with Crippen LogP contribution in [0.3, 0.4) is 0 Å². The minimum Gasteiger partial charge on any atom is -0.381 e. The van der Waals surface area contributed by atoms with Crippen LogP contribution >= 0.6 is 0 Å². The molecule has 2 nitrogen and oxygen atoms in total. The van der Waals surface area contributed by atoms with Crippen LogP contribution in [0.1, 0.15) is 39.5 Å². The maximum Gasteiger partial charge on any atom is 0.0465 e. The molecule has 0 aliphatic carbocycles. The molecule has 0 spiro atoms. The molecule has 0 radical (unpaired) electrons. The third kappa shape index (κ3) is 22.5. The lowest BCUT2D eigenvalue weighted by Crippen LogP contribution is -1.95. The van der Waals surface area contributed by atoms with Gasteiger partial charge in [-0.15, -0.1) is 0 Å². The molecule has 1 N–H and O–H groups in total. The molecule has 0 aliphatic rings. The molecule has 0 aromatic heterocycles. The molecule has 0 saturated heterocycles. The van der Waals surface area contributed by atoms with Crippen molar-refractivity contribution in [2.45, 2.75) is 39.5 Å². The summed E-state index contributed by atoms with van der Waals surface area (Å²) in [5, 5.41) is 2.75. The van der Waals surface area contributed by atoms with Crippen molar-refractivity contribution < 1.29 is 4.74 Å². The zero-order valence-corrected chi connectivity index (χ0v) is 9.15. The molecule has 0 aromatic carbocycles. The Labute approximate surface area is 77.7 Å². The Hall–Kier alpha value is -0.0800. The average Bonchev–Trinajstić information content (AvgIpc) is 2.06. The van der Waals surface area contributed by atoms with Gasteiger partial charge in [0.1, 0.15) is 0 Å². The van der Waals surface area contributed by atoms with Gasteiger partial charge in [-0.3, -0.25) is 0 Å². The zero-order chi connectivity index (χ0) is 9.66. The predicted octanol–water partition coefficient (Wildman–Crippen LogP) is 2.44. The summed E-state index contributed by atoms with van der Waals surface area (Å²) < 4.78 is 5.31. The highest BCUT2D eigenvalue weighted by Gasteiger charge is 1.84. The van der Waals surface area contributed by atoms with Crippen LogP contribution in [0.4, 0.5) is 0 Å². The van der Waals surface area contributed by atoms with Gasteiger partial charge in [0, 0.05) is 13.2 Å². The molecular formula is C10H25NO. The van der Waals surface area contributed by atoms with E-state index in [-0.39, 0.29) is 0 Å². The fraction of sp³-hybridized carbons (Fsp3) is 1.00. The van der Waals surface area contributed by atoms with Gasteiger partial charge < -0.3 is 10.1 Å². The lowest BCUT2D eigenvalue weighted by atomic mass is 10.3. The van der Waals surface area contributed by atoms with Gasteiger partial charge in [0.15, 0.2) is 0 Å². The van der Waals surface area contributed by atoms with E-state index < -0.39 is 0 Å². The number of rotatable bonds is 6. The quantitative estimate of drug-likeness (QED) is 0.626. The smallest absolute Gasteiger partial charge is 0.0465 e. The highest BCUT2D eigenvalue weighted by Crippen LogP contribution is 1.91. The van der Waals surface area contributed by atoms with Crippen molar-refractivity contribution >= 4 is 0 Å². The molecule has 0 amide bonds. The van der Waals surface area contributed by atoms with Crippen LogP contribution in [-0.4, -0.2) is 27.3 Å². The van der Waals surface area contributed by atoms with Crippen molar-refractivity contribution in [3.63, 3.8) is 0 Å². The summed E-state index contributed by atoms with van der Waals surface area (Å²) in [5.74, 6) is 0. The van der Waals surface area contributed by atoms with E-state index in [0.717, 1.165) is 13.2 Å². The number of ether oxygens (including phenoxy) is 1. The lowest BCUT2D eigenvalue weighted by molar-refractivity contribution is 0.128. The molecule has 0 rings (SSSR count). The molecule has 0 fully saturated rings. The highest BCUT2D eigenvalue weighted by molar-refractivity contribution is 4.33. The number of unbranched alkanes of at least 4 members (excludes halogenated alkanes) is 2. The zero-order valence-electron chi connectivity index (χ0n) is 9.15. The fourth-order valence-electron chi connectivity index (χ4n) is 0.595. The van der Waals surface area contributed by atoms with Gasteiger partial charge in [0.25, 0.3) is 0 Å². The standard InChI is InChI=1S/C8H18O.C2H7N/c1-3-5-7-9-8-6-4-2;1-3-2/h3-8H2,1-2H3;3H,1-2H3. The maximum atomic E-state index is 5.31. The minimum absolute atomic E-state index is 0.955. The van der Waals surface area contributed by atoms with Crippen molar-refractivity contribution in [3.8, 4) is 0 Å². The second-order valence-electron chi connectivity index (χ2n) is 2.82. The Morgan fingerprint density at radius 1 is 0.917 bits per heavy atom. The van der Waals surface area contributed by atoms with Crippen LogP contribution in [0.25, 0.3) is 0 Å². The van der Waals surface area contributed by atoms with Gasteiger partial charge in [-0.2, -0.15) is 0 Å². The van der Waals surface area contributed by atoms with E-state index in [4.69, 9.17) is 4.74 Å². The van der Waals surface area contributed by atoms with E-state index in [1.54, 1.807) is 0 Å². The molecule has 0 atom stereocenters. The van der Waals surface area contributed by atoms with Crippen molar-refractivity contribution in [1.82, 2.24) is 5.32 Å². The van der Waals surface area contributed by atoms with Crippen LogP contribution in [-0.2, 0) is 4.74 Å². The van der Waals surface area contributed by atoms with Gasteiger partial charge in [-0.25, -0.2) is 0 Å². The first-order valence-corrected chi connectivity index (χ1v) is 4.99. The summed E-state index contributed by atoms with van der Waals surface area (Å²) in [4.78, 5) is 0. The summed E-state index contributed by atoms with van der Waals surface area (Å²) >= 11 is 0. The Bertz CT molecular complexity index is 51.8. The molecular weight excluding hydrogens is 150 g/mol. The molecule has 0 unspecified atom stereocenters. The largest absolute Gasteiger partial charge is 0.381 e. The summed E-state index contributed by atoms with van der Waals surface area (Å²) in [6.07, 6.45) is 4.91. The van der Waals surface area contributed by atoms with Crippen LogP contribution in [0, 0.1) is 0 Å². The number of hydrogen-bond donors (Lipinski definition) is 1. The van der Waals surface area contributed by atoms with E-state index >= 15 is 0 Å². The summed E-state index contributed by atoms with van der Waals surface area (Å²) in [6, 6.07) is 0. The van der Waals surface area contributed by atoms with Crippen molar-refractivity contribution in [2.24, 2.45) is 0 Å². The molecule has 76 valence electrons. The van der Waals surface area contributed by atoms with E-state index in [0.29, 0.717) is 0 Å². The van der Waals surface area contributed by atoms with Crippen LogP contribution in [0.5, 0.6) is 0 Å². The van der Waals surface area contributed by atoms with Crippen molar-refractivity contribution in [2.75, 3.05) is 27.3 Å². The molecule has 0 aliphatic heterocycles. The minimum atomic E-state index is 0.955. The average molecular weight is 175 g/mol. The molecule has 0 aromatic rings. The monoisotopic (exact) mass is 175 g/mol. The normalized spacial score (nSPS) is 9.00.